The summed E-state index contributed by atoms with van der Waals surface area (Å²) in [5.41, 5.74) is 11.1. The average molecular weight is 382 g/mol. The minimum absolute atomic E-state index is 0. The van der Waals surface area contributed by atoms with Gasteiger partial charge in [-0.05, 0) is 32.1 Å². The minimum Gasteiger partial charge on any atom is -0.370 e. The molecule has 19 heavy (non-hydrogen) atoms. The van der Waals surface area contributed by atoms with Crippen molar-refractivity contribution in [1.29, 1.82) is 0 Å². The fourth-order valence-electron chi connectivity index (χ4n) is 2.47. The van der Waals surface area contributed by atoms with Gasteiger partial charge in [-0.2, -0.15) is 0 Å². The van der Waals surface area contributed by atoms with Gasteiger partial charge in [0.15, 0.2) is 5.96 Å². The lowest BCUT2D eigenvalue weighted by atomic mass is 10.1. The van der Waals surface area contributed by atoms with Crippen molar-refractivity contribution < 1.29 is 9.53 Å². The summed E-state index contributed by atoms with van der Waals surface area (Å²) in [6.45, 7) is 2.50. The van der Waals surface area contributed by atoms with Gasteiger partial charge in [-0.15, -0.1) is 24.0 Å². The Morgan fingerprint density at radius 2 is 1.89 bits per heavy atom. The van der Waals surface area contributed by atoms with E-state index in [1.165, 1.54) is 19.3 Å². The van der Waals surface area contributed by atoms with Crippen LogP contribution in [0.15, 0.2) is 4.99 Å². The second-order valence-electron chi connectivity index (χ2n) is 4.97. The molecule has 2 unspecified atom stereocenters. The number of ether oxygens (including phenoxy) is 1. The van der Waals surface area contributed by atoms with Gasteiger partial charge in [-0.1, -0.05) is 0 Å². The molecule has 2 rings (SSSR count). The van der Waals surface area contributed by atoms with Crippen molar-refractivity contribution in [3.8, 4) is 0 Å². The monoisotopic (exact) mass is 382 g/mol. The fraction of sp³-hybridized carbons (Fsp3) is 0.833. The predicted octanol–water partition coefficient (Wildman–Crippen LogP) is 0.438. The van der Waals surface area contributed by atoms with E-state index in [4.69, 9.17) is 16.2 Å². The largest absolute Gasteiger partial charge is 0.370 e. The Balaban J connectivity index is 0.00000180. The summed E-state index contributed by atoms with van der Waals surface area (Å²) in [5.74, 6) is 0.214. The summed E-state index contributed by atoms with van der Waals surface area (Å²) >= 11 is 0. The number of primary amides is 1. The van der Waals surface area contributed by atoms with E-state index in [0.29, 0.717) is 18.9 Å². The van der Waals surface area contributed by atoms with Crippen molar-refractivity contribution in [2.24, 2.45) is 16.5 Å². The molecule has 0 radical (unpaired) electrons. The molecule has 0 aliphatic carbocycles. The molecule has 1 amide bonds. The van der Waals surface area contributed by atoms with Gasteiger partial charge in [0.1, 0.15) is 6.10 Å². The van der Waals surface area contributed by atoms with Crippen LogP contribution in [0, 0.1) is 0 Å². The summed E-state index contributed by atoms with van der Waals surface area (Å²) in [4.78, 5) is 17.4. The van der Waals surface area contributed by atoms with Crippen molar-refractivity contribution >= 4 is 35.8 Å². The first kappa shape index (κ1) is 16.5. The van der Waals surface area contributed by atoms with Crippen LogP contribution in [-0.4, -0.2) is 48.6 Å². The Morgan fingerprint density at radius 1 is 1.21 bits per heavy atom. The van der Waals surface area contributed by atoms with E-state index in [2.05, 4.69) is 9.89 Å². The van der Waals surface area contributed by atoms with E-state index in [-0.39, 0.29) is 36.0 Å². The van der Waals surface area contributed by atoms with Crippen molar-refractivity contribution in [3.63, 3.8) is 0 Å². The standard InChI is InChI=1S/C12H22N4O2.HI/c13-11(17)10-5-4-9(18-10)8-15-12(14)16-6-2-1-3-7-16;/h9-10H,1-8H2,(H2,13,17)(H2,14,15);1H. The third-order valence-corrected chi connectivity index (χ3v) is 3.56. The molecule has 2 aliphatic heterocycles. The Hall–Kier alpha value is -0.570. The van der Waals surface area contributed by atoms with Crippen molar-refractivity contribution in [1.82, 2.24) is 4.90 Å². The van der Waals surface area contributed by atoms with Gasteiger partial charge >= 0.3 is 0 Å². The van der Waals surface area contributed by atoms with E-state index in [1.807, 2.05) is 0 Å². The van der Waals surface area contributed by atoms with Gasteiger partial charge in [0.05, 0.1) is 12.6 Å². The number of aliphatic imine (C=N–C) groups is 1. The van der Waals surface area contributed by atoms with Crippen LogP contribution in [0.5, 0.6) is 0 Å². The molecule has 2 fully saturated rings. The highest BCUT2D eigenvalue weighted by atomic mass is 127. The SMILES string of the molecule is I.NC(=O)C1CCC(CN=C(N)N2CCCCC2)O1. The lowest BCUT2D eigenvalue weighted by molar-refractivity contribution is -0.128. The topological polar surface area (TPSA) is 93.9 Å². The van der Waals surface area contributed by atoms with E-state index in [1.54, 1.807) is 0 Å². The molecule has 2 heterocycles. The highest BCUT2D eigenvalue weighted by Crippen LogP contribution is 2.19. The number of carbonyl (C=O) groups is 1. The number of nitrogens with two attached hydrogens (primary N) is 2. The number of halogens is 1. The summed E-state index contributed by atoms with van der Waals surface area (Å²) in [7, 11) is 0. The van der Waals surface area contributed by atoms with Gasteiger partial charge in [0.2, 0.25) is 5.91 Å². The molecule has 0 aromatic heterocycles. The fourth-order valence-corrected chi connectivity index (χ4v) is 2.47. The zero-order valence-corrected chi connectivity index (χ0v) is 13.4. The third kappa shape index (κ3) is 4.79. The number of carbonyl (C=O) groups excluding carboxylic acids is 1. The van der Waals surface area contributed by atoms with Crippen LogP contribution in [0.25, 0.3) is 0 Å². The minimum atomic E-state index is -0.443. The van der Waals surface area contributed by atoms with E-state index in [9.17, 15) is 4.79 Å². The van der Waals surface area contributed by atoms with Crippen LogP contribution in [0.4, 0.5) is 0 Å². The maximum absolute atomic E-state index is 11.0. The molecule has 0 spiro atoms. The average Bonchev–Trinajstić information content (AvgIpc) is 2.86. The van der Waals surface area contributed by atoms with E-state index >= 15 is 0 Å². The summed E-state index contributed by atoms with van der Waals surface area (Å²) in [6.07, 6.45) is 4.69. The van der Waals surface area contributed by atoms with Gasteiger partial charge < -0.3 is 21.1 Å². The van der Waals surface area contributed by atoms with Crippen LogP contribution < -0.4 is 11.5 Å². The molecule has 7 heteroatoms. The van der Waals surface area contributed by atoms with Gasteiger partial charge in [0.25, 0.3) is 0 Å². The van der Waals surface area contributed by atoms with Crippen LogP contribution in [-0.2, 0) is 9.53 Å². The Kier molecular flexibility index (Phi) is 6.84. The lowest BCUT2D eigenvalue weighted by Crippen LogP contribution is -2.41. The number of rotatable bonds is 3. The molecule has 0 saturated carbocycles. The van der Waals surface area contributed by atoms with Crippen LogP contribution in [0.1, 0.15) is 32.1 Å². The summed E-state index contributed by atoms with van der Waals surface area (Å²) < 4.78 is 5.50. The normalized spacial score (nSPS) is 28.0. The van der Waals surface area contributed by atoms with Crippen molar-refractivity contribution in [3.05, 3.63) is 0 Å². The summed E-state index contributed by atoms with van der Waals surface area (Å²) in [6, 6.07) is 0. The van der Waals surface area contributed by atoms with Crippen LogP contribution >= 0.6 is 24.0 Å². The highest BCUT2D eigenvalue weighted by molar-refractivity contribution is 14.0. The number of amides is 1. The maximum atomic E-state index is 11.0. The number of likely N-dealkylation sites (tertiary alicyclic amines) is 1. The predicted molar refractivity (Wildman–Crippen MR) is 84.4 cm³/mol. The van der Waals surface area contributed by atoms with Crippen LogP contribution in [0.2, 0.25) is 0 Å². The van der Waals surface area contributed by atoms with Crippen molar-refractivity contribution in [2.75, 3.05) is 19.6 Å². The van der Waals surface area contributed by atoms with E-state index in [0.717, 1.165) is 19.5 Å². The van der Waals surface area contributed by atoms with Gasteiger partial charge in [0, 0.05) is 13.1 Å². The molecule has 0 bridgehead atoms. The third-order valence-electron chi connectivity index (χ3n) is 3.56. The molecule has 0 aromatic carbocycles. The number of guanidine groups is 1. The Bertz CT molecular complexity index is 332. The van der Waals surface area contributed by atoms with Gasteiger partial charge in [-0.3, -0.25) is 9.79 Å². The smallest absolute Gasteiger partial charge is 0.246 e. The molecule has 6 nitrogen and oxygen atoms in total. The summed E-state index contributed by atoms with van der Waals surface area (Å²) in [5, 5.41) is 0. The lowest BCUT2D eigenvalue weighted by Gasteiger charge is -2.27. The second kappa shape index (κ2) is 7.88. The number of nitrogens with zero attached hydrogens (tertiary/aromatic N) is 2. The number of hydrogen-bond acceptors (Lipinski definition) is 3. The number of hydrogen-bond donors (Lipinski definition) is 2. The Morgan fingerprint density at radius 3 is 2.47 bits per heavy atom. The second-order valence-corrected chi connectivity index (χ2v) is 4.97. The molecular weight excluding hydrogens is 359 g/mol. The molecule has 0 aromatic rings. The zero-order chi connectivity index (χ0) is 13.0. The molecule has 110 valence electrons. The first-order valence-corrected chi connectivity index (χ1v) is 6.66. The molecule has 2 saturated heterocycles. The van der Waals surface area contributed by atoms with E-state index < -0.39 is 6.10 Å². The molecule has 4 N–H and O–H groups in total. The Labute approximate surface area is 130 Å². The first-order valence-electron chi connectivity index (χ1n) is 6.66. The molecule has 2 atom stereocenters. The highest BCUT2D eigenvalue weighted by Gasteiger charge is 2.28. The van der Waals surface area contributed by atoms with Crippen molar-refractivity contribution in [2.45, 2.75) is 44.3 Å². The molecule has 2 aliphatic rings. The number of piperidine rings is 1. The molecular formula is C12H23IN4O2. The van der Waals surface area contributed by atoms with Crippen LogP contribution in [0.3, 0.4) is 0 Å². The zero-order valence-electron chi connectivity index (χ0n) is 11.1. The van der Waals surface area contributed by atoms with Gasteiger partial charge in [-0.25, -0.2) is 0 Å². The quantitative estimate of drug-likeness (QED) is 0.421. The first-order chi connectivity index (χ1) is 8.66. The maximum Gasteiger partial charge on any atom is 0.246 e.